The fourth-order valence-corrected chi connectivity index (χ4v) is 4.17. The zero-order valence-corrected chi connectivity index (χ0v) is 15.1. The first-order valence-corrected chi connectivity index (χ1v) is 9.46. The van der Waals surface area contributed by atoms with Crippen LogP contribution >= 0.6 is 22.9 Å². The molecular formula is C14H17ClN2O4S2. The highest BCUT2D eigenvalue weighted by atomic mass is 35.5. The minimum absolute atomic E-state index is 0.0193. The number of benzene rings is 1. The number of rotatable bonds is 8. The molecule has 0 atom stereocenters. The molecule has 0 fully saturated rings. The number of ether oxygens (including phenoxy) is 2. The van der Waals surface area contributed by atoms with Gasteiger partial charge < -0.3 is 9.47 Å². The lowest BCUT2D eigenvalue weighted by Crippen LogP contribution is -2.26. The average Bonchev–Trinajstić information content (AvgIpc) is 2.95. The van der Waals surface area contributed by atoms with Crippen molar-refractivity contribution in [2.75, 3.05) is 20.8 Å². The van der Waals surface area contributed by atoms with Gasteiger partial charge in [-0.1, -0.05) is 11.6 Å². The summed E-state index contributed by atoms with van der Waals surface area (Å²) in [6.07, 6.45) is 0.488. The molecule has 6 nitrogen and oxygen atoms in total. The van der Waals surface area contributed by atoms with Gasteiger partial charge in [-0.2, -0.15) is 0 Å². The summed E-state index contributed by atoms with van der Waals surface area (Å²) >= 11 is 7.36. The Morgan fingerprint density at radius 3 is 2.83 bits per heavy atom. The molecule has 0 radical (unpaired) electrons. The van der Waals surface area contributed by atoms with Crippen LogP contribution in [0.1, 0.15) is 10.7 Å². The van der Waals surface area contributed by atoms with E-state index in [2.05, 4.69) is 9.71 Å². The molecule has 1 aromatic carbocycles. The van der Waals surface area contributed by atoms with Gasteiger partial charge in [-0.15, -0.1) is 11.3 Å². The van der Waals surface area contributed by atoms with Crippen molar-refractivity contribution in [2.45, 2.75) is 17.9 Å². The third kappa shape index (κ3) is 4.89. The summed E-state index contributed by atoms with van der Waals surface area (Å²) in [6, 6.07) is 4.46. The number of hydrogen-bond donors (Lipinski definition) is 1. The van der Waals surface area contributed by atoms with E-state index in [9.17, 15) is 8.42 Å². The van der Waals surface area contributed by atoms with E-state index in [0.717, 1.165) is 10.7 Å². The molecule has 9 heteroatoms. The molecule has 1 heterocycles. The van der Waals surface area contributed by atoms with Gasteiger partial charge in [0.25, 0.3) is 0 Å². The lowest BCUT2D eigenvalue weighted by atomic mass is 10.3. The van der Waals surface area contributed by atoms with Crippen molar-refractivity contribution in [3.63, 3.8) is 0 Å². The van der Waals surface area contributed by atoms with E-state index in [1.165, 1.54) is 30.6 Å². The topological polar surface area (TPSA) is 77.5 Å². The summed E-state index contributed by atoms with van der Waals surface area (Å²) in [5, 5.41) is 3.08. The summed E-state index contributed by atoms with van der Waals surface area (Å²) < 4.78 is 37.4. The lowest BCUT2D eigenvalue weighted by Gasteiger charge is -2.10. The standard InChI is InChI=1S/C14H17ClN2O4S2/c1-20-8-14-17-11(9-22-14)5-6-16-23(18,19)13-7-10(15)3-4-12(13)21-2/h3-4,7,9,16H,5-6,8H2,1-2H3. The molecular weight excluding hydrogens is 360 g/mol. The smallest absolute Gasteiger partial charge is 0.244 e. The van der Waals surface area contributed by atoms with Crippen LogP contribution in [0.5, 0.6) is 5.75 Å². The zero-order valence-electron chi connectivity index (χ0n) is 12.7. The number of nitrogens with one attached hydrogen (secondary N) is 1. The Kier molecular flexibility index (Phi) is 6.37. The number of nitrogens with zero attached hydrogens (tertiary/aromatic N) is 1. The fraction of sp³-hybridized carbons (Fsp3) is 0.357. The van der Waals surface area contributed by atoms with Crippen molar-refractivity contribution in [1.82, 2.24) is 9.71 Å². The highest BCUT2D eigenvalue weighted by Crippen LogP contribution is 2.26. The van der Waals surface area contributed by atoms with Gasteiger partial charge in [0.2, 0.25) is 10.0 Å². The molecule has 0 aliphatic rings. The van der Waals surface area contributed by atoms with Crippen LogP contribution in [0.15, 0.2) is 28.5 Å². The van der Waals surface area contributed by atoms with Crippen molar-refractivity contribution < 1.29 is 17.9 Å². The van der Waals surface area contributed by atoms with Crippen LogP contribution < -0.4 is 9.46 Å². The number of halogens is 1. The molecule has 1 N–H and O–H groups in total. The fourth-order valence-electron chi connectivity index (χ4n) is 1.91. The molecule has 0 saturated heterocycles. The SMILES string of the molecule is COCc1nc(CCNS(=O)(=O)c2cc(Cl)ccc2OC)cs1. The maximum Gasteiger partial charge on any atom is 0.244 e. The molecule has 126 valence electrons. The van der Waals surface area contributed by atoms with Crippen LogP contribution in [0.3, 0.4) is 0 Å². The molecule has 2 aromatic rings. The van der Waals surface area contributed by atoms with Crippen molar-refractivity contribution >= 4 is 33.0 Å². The van der Waals surface area contributed by atoms with Crippen LogP contribution in [0.25, 0.3) is 0 Å². The zero-order chi connectivity index (χ0) is 16.9. The van der Waals surface area contributed by atoms with Crippen molar-refractivity contribution in [3.05, 3.63) is 39.3 Å². The van der Waals surface area contributed by atoms with Gasteiger partial charge in [-0.05, 0) is 18.2 Å². The molecule has 0 bridgehead atoms. The molecule has 1 aromatic heterocycles. The molecule has 23 heavy (non-hydrogen) atoms. The Balaban J connectivity index is 2.02. The first-order valence-electron chi connectivity index (χ1n) is 6.71. The number of thiazole rings is 1. The van der Waals surface area contributed by atoms with E-state index in [1.54, 1.807) is 13.2 Å². The number of methoxy groups -OCH3 is 2. The van der Waals surface area contributed by atoms with E-state index in [0.29, 0.717) is 18.1 Å². The van der Waals surface area contributed by atoms with Crippen molar-refractivity contribution in [2.24, 2.45) is 0 Å². The predicted octanol–water partition coefficient (Wildman–Crippen LogP) is 2.47. The van der Waals surface area contributed by atoms with E-state index < -0.39 is 10.0 Å². The summed E-state index contributed by atoms with van der Waals surface area (Å²) in [6.45, 7) is 0.685. The maximum atomic E-state index is 12.4. The number of aromatic nitrogens is 1. The average molecular weight is 377 g/mol. The van der Waals surface area contributed by atoms with Gasteiger partial charge >= 0.3 is 0 Å². The van der Waals surface area contributed by atoms with Gasteiger partial charge in [-0.3, -0.25) is 0 Å². The second-order valence-electron chi connectivity index (χ2n) is 4.61. The van der Waals surface area contributed by atoms with E-state index >= 15 is 0 Å². The Morgan fingerprint density at radius 2 is 2.13 bits per heavy atom. The van der Waals surface area contributed by atoms with E-state index in [4.69, 9.17) is 21.1 Å². The van der Waals surface area contributed by atoms with Gasteiger partial charge in [0.15, 0.2) is 0 Å². The summed E-state index contributed by atoms with van der Waals surface area (Å²) in [5.74, 6) is 0.248. The molecule has 2 rings (SSSR count). The predicted molar refractivity (Wildman–Crippen MR) is 89.7 cm³/mol. The number of hydrogen-bond acceptors (Lipinski definition) is 6. The molecule has 0 aliphatic carbocycles. The van der Waals surface area contributed by atoms with E-state index in [-0.39, 0.29) is 17.2 Å². The van der Waals surface area contributed by atoms with Crippen LogP contribution in [0.2, 0.25) is 5.02 Å². The summed E-state index contributed by atoms with van der Waals surface area (Å²) in [5.41, 5.74) is 0.822. The molecule has 0 amide bonds. The first kappa shape index (κ1) is 18.2. The van der Waals surface area contributed by atoms with Crippen LogP contribution in [-0.2, 0) is 27.8 Å². The van der Waals surface area contributed by atoms with Crippen LogP contribution in [0.4, 0.5) is 0 Å². The first-order chi connectivity index (χ1) is 11.0. The minimum Gasteiger partial charge on any atom is -0.495 e. The van der Waals surface area contributed by atoms with Gasteiger partial charge in [-0.25, -0.2) is 18.1 Å². The van der Waals surface area contributed by atoms with Gasteiger partial charge in [0, 0.05) is 30.5 Å². The minimum atomic E-state index is -3.71. The maximum absolute atomic E-state index is 12.4. The Morgan fingerprint density at radius 1 is 1.35 bits per heavy atom. The molecule has 0 spiro atoms. The van der Waals surface area contributed by atoms with Crippen LogP contribution in [-0.4, -0.2) is 34.2 Å². The van der Waals surface area contributed by atoms with Crippen molar-refractivity contribution in [1.29, 1.82) is 0 Å². The second kappa shape index (κ2) is 8.07. The molecule has 0 saturated carbocycles. The van der Waals surface area contributed by atoms with Crippen LogP contribution in [0, 0.1) is 0 Å². The largest absolute Gasteiger partial charge is 0.495 e. The van der Waals surface area contributed by atoms with Gasteiger partial charge in [0.05, 0.1) is 19.4 Å². The second-order valence-corrected chi connectivity index (χ2v) is 7.72. The highest BCUT2D eigenvalue weighted by Gasteiger charge is 2.19. The third-order valence-corrected chi connectivity index (χ3v) is 5.54. The highest BCUT2D eigenvalue weighted by molar-refractivity contribution is 7.89. The monoisotopic (exact) mass is 376 g/mol. The quantitative estimate of drug-likeness (QED) is 0.765. The Hall–Kier alpha value is -1.19. The van der Waals surface area contributed by atoms with Crippen molar-refractivity contribution in [3.8, 4) is 5.75 Å². The Bertz CT molecular complexity index is 762. The Labute approximate surface area is 144 Å². The summed E-state index contributed by atoms with van der Waals surface area (Å²) in [7, 11) is -0.691. The number of sulfonamides is 1. The van der Waals surface area contributed by atoms with Gasteiger partial charge in [0.1, 0.15) is 15.7 Å². The summed E-state index contributed by atoms with van der Waals surface area (Å²) in [4.78, 5) is 4.37. The normalized spacial score (nSPS) is 11.6. The third-order valence-electron chi connectivity index (χ3n) is 2.96. The molecule has 0 unspecified atom stereocenters. The lowest BCUT2D eigenvalue weighted by molar-refractivity contribution is 0.184. The molecule has 0 aliphatic heterocycles. The van der Waals surface area contributed by atoms with E-state index in [1.807, 2.05) is 5.38 Å².